The summed E-state index contributed by atoms with van der Waals surface area (Å²) in [5.74, 6) is 1.46. The molecule has 0 aliphatic carbocycles. The highest BCUT2D eigenvalue weighted by Gasteiger charge is 2.02. The minimum absolute atomic E-state index is 0.720. The molecule has 0 bridgehead atoms. The van der Waals surface area contributed by atoms with Gasteiger partial charge in [-0.1, -0.05) is 22.0 Å². The number of nitrogens with one attached hydrogen (secondary N) is 2. The summed E-state index contributed by atoms with van der Waals surface area (Å²) in [5.41, 5.74) is 2.17. The third-order valence-corrected chi connectivity index (χ3v) is 2.85. The molecular weight excluding hydrogens is 280 g/mol. The second-order valence-corrected chi connectivity index (χ2v) is 4.54. The summed E-state index contributed by atoms with van der Waals surface area (Å²) in [6.07, 6.45) is 3.38. The molecule has 0 aliphatic heterocycles. The van der Waals surface area contributed by atoms with Crippen LogP contribution in [-0.2, 0) is 0 Å². The van der Waals surface area contributed by atoms with E-state index < -0.39 is 0 Å². The van der Waals surface area contributed by atoms with Gasteiger partial charge in [0.05, 0.1) is 12.4 Å². The molecule has 88 valence electrons. The lowest BCUT2D eigenvalue weighted by molar-refractivity contribution is 1.18. The Morgan fingerprint density at radius 2 is 1.94 bits per heavy atom. The van der Waals surface area contributed by atoms with E-state index in [1.165, 1.54) is 0 Å². The van der Waals surface area contributed by atoms with Crippen LogP contribution in [0.3, 0.4) is 0 Å². The van der Waals surface area contributed by atoms with Gasteiger partial charge < -0.3 is 10.6 Å². The van der Waals surface area contributed by atoms with Gasteiger partial charge in [-0.05, 0) is 24.6 Å². The number of nitrogens with zero attached hydrogens (tertiary/aromatic N) is 2. The Morgan fingerprint density at radius 3 is 2.71 bits per heavy atom. The number of hydrogen-bond donors (Lipinski definition) is 2. The maximum absolute atomic E-state index is 4.36. The highest BCUT2D eigenvalue weighted by molar-refractivity contribution is 9.10. The highest BCUT2D eigenvalue weighted by atomic mass is 79.9. The fraction of sp³-hybridized carbons (Fsp3) is 0.167. The zero-order valence-corrected chi connectivity index (χ0v) is 11.2. The first-order valence-corrected chi connectivity index (χ1v) is 6.01. The zero-order chi connectivity index (χ0) is 12.3. The summed E-state index contributed by atoms with van der Waals surface area (Å²) >= 11 is 3.45. The smallest absolute Gasteiger partial charge is 0.151 e. The molecular formula is C12H13BrN4. The minimum atomic E-state index is 0.720. The lowest BCUT2D eigenvalue weighted by Crippen LogP contribution is -1.99. The fourth-order valence-electron chi connectivity index (χ4n) is 1.41. The van der Waals surface area contributed by atoms with Crippen molar-refractivity contribution in [1.29, 1.82) is 0 Å². The van der Waals surface area contributed by atoms with Crippen molar-refractivity contribution in [2.24, 2.45) is 0 Å². The van der Waals surface area contributed by atoms with Gasteiger partial charge in [-0.2, -0.15) is 0 Å². The Labute approximate surface area is 109 Å². The van der Waals surface area contributed by atoms with Gasteiger partial charge >= 0.3 is 0 Å². The molecule has 0 spiro atoms. The molecule has 1 aromatic carbocycles. The van der Waals surface area contributed by atoms with E-state index in [1.54, 1.807) is 12.4 Å². The standard InChI is InChI=1S/C12H13BrN4/c1-8-3-4-9(13)5-10(8)16-12-7-15-6-11(14-2)17-12/h3-7H,1-2H3,(H2,14,16,17). The zero-order valence-electron chi connectivity index (χ0n) is 9.66. The molecule has 0 saturated carbocycles. The van der Waals surface area contributed by atoms with Gasteiger partial charge in [-0.15, -0.1) is 0 Å². The minimum Gasteiger partial charge on any atom is -0.372 e. The van der Waals surface area contributed by atoms with Crippen molar-refractivity contribution in [3.05, 3.63) is 40.6 Å². The van der Waals surface area contributed by atoms with E-state index in [1.807, 2.05) is 32.2 Å². The van der Waals surface area contributed by atoms with Crippen LogP contribution in [0.25, 0.3) is 0 Å². The van der Waals surface area contributed by atoms with Crippen LogP contribution in [0.5, 0.6) is 0 Å². The predicted molar refractivity (Wildman–Crippen MR) is 73.7 cm³/mol. The molecule has 4 nitrogen and oxygen atoms in total. The average molecular weight is 293 g/mol. The fourth-order valence-corrected chi connectivity index (χ4v) is 1.77. The first-order chi connectivity index (χ1) is 8.19. The van der Waals surface area contributed by atoms with E-state index in [0.717, 1.165) is 27.4 Å². The largest absolute Gasteiger partial charge is 0.372 e. The van der Waals surface area contributed by atoms with Crippen LogP contribution in [-0.4, -0.2) is 17.0 Å². The van der Waals surface area contributed by atoms with Gasteiger partial charge in [0.1, 0.15) is 5.82 Å². The van der Waals surface area contributed by atoms with E-state index in [-0.39, 0.29) is 0 Å². The molecule has 2 N–H and O–H groups in total. The van der Waals surface area contributed by atoms with Gasteiger partial charge in [0, 0.05) is 17.2 Å². The van der Waals surface area contributed by atoms with E-state index in [4.69, 9.17) is 0 Å². The molecule has 0 saturated heterocycles. The number of rotatable bonds is 3. The summed E-state index contributed by atoms with van der Waals surface area (Å²) in [5, 5.41) is 6.20. The average Bonchev–Trinajstić information content (AvgIpc) is 2.34. The van der Waals surface area contributed by atoms with Crippen LogP contribution in [0.4, 0.5) is 17.3 Å². The van der Waals surface area contributed by atoms with Gasteiger partial charge in [0.15, 0.2) is 5.82 Å². The van der Waals surface area contributed by atoms with Crippen LogP contribution < -0.4 is 10.6 Å². The quantitative estimate of drug-likeness (QED) is 0.911. The van der Waals surface area contributed by atoms with Gasteiger partial charge in [0.25, 0.3) is 0 Å². The maximum atomic E-state index is 4.36. The SMILES string of the molecule is CNc1cncc(Nc2cc(Br)ccc2C)n1. The predicted octanol–water partition coefficient (Wildman–Crippen LogP) is 3.33. The van der Waals surface area contributed by atoms with E-state index in [2.05, 4.69) is 36.5 Å². The second kappa shape index (κ2) is 5.14. The summed E-state index contributed by atoms with van der Waals surface area (Å²) in [7, 11) is 1.82. The normalized spacial score (nSPS) is 10.1. The molecule has 2 rings (SSSR count). The Morgan fingerprint density at radius 1 is 1.18 bits per heavy atom. The molecule has 2 aromatic rings. The van der Waals surface area contributed by atoms with Gasteiger partial charge in [-0.3, -0.25) is 4.98 Å². The molecule has 1 heterocycles. The number of halogens is 1. The number of aryl methyl sites for hydroxylation is 1. The van der Waals surface area contributed by atoms with E-state index in [0.29, 0.717) is 0 Å². The van der Waals surface area contributed by atoms with Crippen molar-refractivity contribution in [3.8, 4) is 0 Å². The lowest BCUT2D eigenvalue weighted by Gasteiger charge is -2.09. The number of anilines is 3. The third-order valence-electron chi connectivity index (χ3n) is 2.35. The van der Waals surface area contributed by atoms with Crippen molar-refractivity contribution < 1.29 is 0 Å². The van der Waals surface area contributed by atoms with Gasteiger partial charge in [0.2, 0.25) is 0 Å². The van der Waals surface area contributed by atoms with Crippen molar-refractivity contribution in [1.82, 2.24) is 9.97 Å². The van der Waals surface area contributed by atoms with Crippen molar-refractivity contribution in [2.45, 2.75) is 6.92 Å². The topological polar surface area (TPSA) is 49.8 Å². The van der Waals surface area contributed by atoms with Crippen molar-refractivity contribution >= 4 is 33.3 Å². The molecule has 1 aromatic heterocycles. The number of benzene rings is 1. The Bertz CT molecular complexity index is 528. The van der Waals surface area contributed by atoms with Crippen LogP contribution in [0, 0.1) is 6.92 Å². The molecule has 17 heavy (non-hydrogen) atoms. The van der Waals surface area contributed by atoms with Crippen LogP contribution >= 0.6 is 15.9 Å². The number of hydrogen-bond acceptors (Lipinski definition) is 4. The summed E-state index contributed by atoms with van der Waals surface area (Å²) < 4.78 is 1.03. The van der Waals surface area contributed by atoms with Gasteiger partial charge in [-0.25, -0.2) is 4.98 Å². The Balaban J connectivity index is 2.27. The molecule has 5 heteroatoms. The Kier molecular flexibility index (Phi) is 3.58. The number of aromatic nitrogens is 2. The van der Waals surface area contributed by atoms with Crippen molar-refractivity contribution in [3.63, 3.8) is 0 Å². The van der Waals surface area contributed by atoms with Crippen molar-refractivity contribution in [2.75, 3.05) is 17.7 Å². The molecule has 0 aliphatic rings. The summed E-state index contributed by atoms with van der Waals surface area (Å²) in [6, 6.07) is 6.07. The second-order valence-electron chi connectivity index (χ2n) is 3.62. The molecule has 0 radical (unpaired) electrons. The summed E-state index contributed by atoms with van der Waals surface area (Å²) in [6.45, 7) is 2.05. The van der Waals surface area contributed by atoms with E-state index >= 15 is 0 Å². The van der Waals surface area contributed by atoms with Crippen LogP contribution in [0.1, 0.15) is 5.56 Å². The Hall–Kier alpha value is -1.62. The molecule has 0 unspecified atom stereocenters. The summed E-state index contributed by atoms with van der Waals surface area (Å²) in [4.78, 5) is 8.46. The molecule has 0 amide bonds. The van der Waals surface area contributed by atoms with Crippen LogP contribution in [0.15, 0.2) is 35.1 Å². The maximum Gasteiger partial charge on any atom is 0.151 e. The van der Waals surface area contributed by atoms with E-state index in [9.17, 15) is 0 Å². The first kappa shape index (κ1) is 11.9. The third kappa shape index (κ3) is 2.94. The monoisotopic (exact) mass is 292 g/mol. The first-order valence-electron chi connectivity index (χ1n) is 5.22. The lowest BCUT2D eigenvalue weighted by atomic mass is 10.2. The van der Waals surface area contributed by atoms with Crippen LogP contribution in [0.2, 0.25) is 0 Å². The molecule has 0 atom stereocenters. The molecule has 0 fully saturated rings. The highest BCUT2D eigenvalue weighted by Crippen LogP contribution is 2.23.